The van der Waals surface area contributed by atoms with Crippen molar-refractivity contribution in [3.05, 3.63) is 35.4 Å². The maximum Gasteiger partial charge on any atom is 0.160 e. The Morgan fingerprint density at radius 3 is 2.64 bits per heavy atom. The monoisotopic (exact) mass is 194 g/mol. The van der Waals surface area contributed by atoms with E-state index >= 15 is 0 Å². The minimum atomic E-state index is -0.972. The number of nitriles is 1. The summed E-state index contributed by atoms with van der Waals surface area (Å²) in [6.07, 6.45) is 3.22. The van der Waals surface area contributed by atoms with Crippen LogP contribution >= 0.6 is 0 Å². The van der Waals surface area contributed by atoms with E-state index in [0.29, 0.717) is 5.56 Å². The van der Waals surface area contributed by atoms with Crippen LogP contribution in [0.25, 0.3) is 6.08 Å². The maximum absolute atomic E-state index is 12.7. The molecule has 2 nitrogen and oxygen atoms in total. The highest BCUT2D eigenvalue weighted by molar-refractivity contribution is 5.64. The highest BCUT2D eigenvalue weighted by Crippen LogP contribution is 2.18. The second-order valence-electron chi connectivity index (χ2n) is 2.66. The lowest BCUT2D eigenvalue weighted by Crippen LogP contribution is -1.93. The molecule has 1 aromatic rings. The Morgan fingerprint density at radius 2 is 2.00 bits per heavy atom. The van der Waals surface area contributed by atoms with Crippen LogP contribution in [0.2, 0.25) is 0 Å². The minimum absolute atomic E-state index is 0.151. The lowest BCUT2D eigenvalue weighted by Gasteiger charge is -2.00. The SMILES string of the molecule is N#CCC=Cc1cc(F)c(F)cc1N. The molecule has 0 radical (unpaired) electrons. The van der Waals surface area contributed by atoms with Crippen LogP contribution in [-0.2, 0) is 0 Å². The van der Waals surface area contributed by atoms with E-state index in [9.17, 15) is 8.78 Å². The van der Waals surface area contributed by atoms with Crippen molar-refractivity contribution in [3.8, 4) is 6.07 Å². The van der Waals surface area contributed by atoms with Crippen molar-refractivity contribution < 1.29 is 8.78 Å². The molecule has 0 spiro atoms. The number of hydrogen-bond acceptors (Lipinski definition) is 2. The quantitative estimate of drug-likeness (QED) is 0.735. The van der Waals surface area contributed by atoms with Gasteiger partial charge in [-0.05, 0) is 6.07 Å². The second kappa shape index (κ2) is 4.38. The predicted octanol–water partition coefficient (Wildman–Crippen LogP) is 2.47. The average molecular weight is 194 g/mol. The fourth-order valence-electron chi connectivity index (χ4n) is 0.961. The molecular weight excluding hydrogens is 186 g/mol. The van der Waals surface area contributed by atoms with Crippen LogP contribution in [0, 0.1) is 23.0 Å². The predicted molar refractivity (Wildman–Crippen MR) is 50.0 cm³/mol. The summed E-state index contributed by atoms with van der Waals surface area (Å²) in [6, 6.07) is 3.80. The van der Waals surface area contributed by atoms with E-state index in [-0.39, 0.29) is 12.1 Å². The van der Waals surface area contributed by atoms with Gasteiger partial charge in [-0.3, -0.25) is 0 Å². The van der Waals surface area contributed by atoms with Crippen molar-refractivity contribution in [2.45, 2.75) is 6.42 Å². The highest BCUT2D eigenvalue weighted by atomic mass is 19.2. The van der Waals surface area contributed by atoms with Gasteiger partial charge in [0.1, 0.15) is 0 Å². The van der Waals surface area contributed by atoms with Gasteiger partial charge in [0.05, 0.1) is 12.5 Å². The van der Waals surface area contributed by atoms with Gasteiger partial charge >= 0.3 is 0 Å². The first kappa shape index (κ1) is 10.2. The van der Waals surface area contributed by atoms with Crippen LogP contribution in [0.4, 0.5) is 14.5 Å². The van der Waals surface area contributed by atoms with Crippen molar-refractivity contribution >= 4 is 11.8 Å². The van der Waals surface area contributed by atoms with Gasteiger partial charge < -0.3 is 5.73 Å². The summed E-state index contributed by atoms with van der Waals surface area (Å²) in [5.74, 6) is -1.92. The van der Waals surface area contributed by atoms with E-state index in [4.69, 9.17) is 11.0 Å². The zero-order valence-corrected chi connectivity index (χ0v) is 7.30. The molecule has 0 atom stereocenters. The lowest BCUT2D eigenvalue weighted by molar-refractivity contribution is 0.509. The summed E-state index contributed by atoms with van der Waals surface area (Å²) in [5.41, 5.74) is 5.96. The second-order valence-corrected chi connectivity index (χ2v) is 2.66. The molecule has 0 aliphatic carbocycles. The molecule has 0 heterocycles. The third-order valence-electron chi connectivity index (χ3n) is 1.63. The molecule has 0 bridgehead atoms. The largest absolute Gasteiger partial charge is 0.398 e. The van der Waals surface area contributed by atoms with Crippen LogP contribution in [0.1, 0.15) is 12.0 Å². The third kappa shape index (κ3) is 2.30. The number of hydrogen-bond donors (Lipinski definition) is 1. The molecule has 0 fully saturated rings. The number of nitrogens with zero attached hydrogens (tertiary/aromatic N) is 1. The first-order valence-corrected chi connectivity index (χ1v) is 3.93. The number of allylic oxidation sites excluding steroid dienone is 1. The number of halogens is 2. The van der Waals surface area contributed by atoms with Crippen molar-refractivity contribution in [2.24, 2.45) is 0 Å². The van der Waals surface area contributed by atoms with Crippen molar-refractivity contribution in [1.29, 1.82) is 5.26 Å². The molecule has 0 saturated heterocycles. The highest BCUT2D eigenvalue weighted by Gasteiger charge is 2.04. The number of benzene rings is 1. The minimum Gasteiger partial charge on any atom is -0.398 e. The van der Waals surface area contributed by atoms with Gasteiger partial charge in [-0.1, -0.05) is 12.2 Å². The first-order chi connectivity index (χ1) is 6.65. The zero-order valence-electron chi connectivity index (χ0n) is 7.30. The molecule has 1 rings (SSSR count). The topological polar surface area (TPSA) is 49.8 Å². The number of rotatable bonds is 2. The Morgan fingerprint density at radius 1 is 1.36 bits per heavy atom. The van der Waals surface area contributed by atoms with Crippen molar-refractivity contribution in [2.75, 3.05) is 5.73 Å². The maximum atomic E-state index is 12.7. The number of anilines is 1. The smallest absolute Gasteiger partial charge is 0.160 e. The molecule has 0 saturated carbocycles. The Kier molecular flexibility index (Phi) is 3.19. The molecule has 0 aliphatic heterocycles. The van der Waals surface area contributed by atoms with Crippen LogP contribution in [0.5, 0.6) is 0 Å². The van der Waals surface area contributed by atoms with Gasteiger partial charge in [0, 0.05) is 17.3 Å². The Bertz CT molecular complexity index is 405. The third-order valence-corrected chi connectivity index (χ3v) is 1.63. The zero-order chi connectivity index (χ0) is 10.6. The molecule has 1 aromatic carbocycles. The molecule has 0 unspecified atom stereocenters. The fourth-order valence-corrected chi connectivity index (χ4v) is 0.961. The summed E-state index contributed by atoms with van der Waals surface area (Å²) in [6.45, 7) is 0. The molecule has 72 valence electrons. The fraction of sp³-hybridized carbons (Fsp3) is 0.100. The van der Waals surface area contributed by atoms with Gasteiger partial charge in [-0.15, -0.1) is 0 Å². The van der Waals surface area contributed by atoms with E-state index in [0.717, 1.165) is 12.1 Å². The van der Waals surface area contributed by atoms with Crippen molar-refractivity contribution in [3.63, 3.8) is 0 Å². The van der Waals surface area contributed by atoms with E-state index in [1.54, 1.807) is 0 Å². The summed E-state index contributed by atoms with van der Waals surface area (Å²) in [5, 5.41) is 8.25. The summed E-state index contributed by atoms with van der Waals surface area (Å²) < 4.78 is 25.4. The lowest BCUT2D eigenvalue weighted by atomic mass is 10.1. The van der Waals surface area contributed by atoms with E-state index < -0.39 is 11.6 Å². The van der Waals surface area contributed by atoms with Gasteiger partial charge in [-0.2, -0.15) is 5.26 Å². The van der Waals surface area contributed by atoms with Gasteiger partial charge in [0.2, 0.25) is 0 Å². The van der Waals surface area contributed by atoms with Gasteiger partial charge in [0.25, 0.3) is 0 Å². The van der Waals surface area contributed by atoms with E-state index in [1.165, 1.54) is 12.2 Å². The summed E-state index contributed by atoms with van der Waals surface area (Å²) in [4.78, 5) is 0. The summed E-state index contributed by atoms with van der Waals surface area (Å²) in [7, 11) is 0. The molecule has 0 amide bonds. The first-order valence-electron chi connectivity index (χ1n) is 3.93. The van der Waals surface area contributed by atoms with Crippen LogP contribution in [0.3, 0.4) is 0 Å². The molecule has 2 N–H and O–H groups in total. The molecule has 4 heteroatoms. The van der Waals surface area contributed by atoms with E-state index in [1.807, 2.05) is 6.07 Å². The van der Waals surface area contributed by atoms with Crippen LogP contribution in [-0.4, -0.2) is 0 Å². The molecule has 14 heavy (non-hydrogen) atoms. The average Bonchev–Trinajstić information content (AvgIpc) is 2.14. The Balaban J connectivity index is 2.99. The normalized spacial score (nSPS) is 10.4. The van der Waals surface area contributed by atoms with E-state index in [2.05, 4.69) is 0 Å². The number of nitrogens with two attached hydrogens (primary N) is 1. The molecule has 0 aliphatic rings. The van der Waals surface area contributed by atoms with Gasteiger partial charge in [0.15, 0.2) is 11.6 Å². The van der Waals surface area contributed by atoms with Crippen molar-refractivity contribution in [1.82, 2.24) is 0 Å². The Hall–Kier alpha value is -1.89. The van der Waals surface area contributed by atoms with Crippen LogP contribution < -0.4 is 5.73 Å². The standard InChI is InChI=1S/C10H8F2N2/c11-8-5-7(3-1-2-4-13)10(14)6-9(8)12/h1,3,5-6H,2,14H2. The summed E-state index contributed by atoms with van der Waals surface area (Å²) >= 11 is 0. The Labute approximate surface area is 80.3 Å². The molecule has 0 aromatic heterocycles. The molecular formula is C10H8F2N2. The van der Waals surface area contributed by atoms with Gasteiger partial charge in [-0.25, -0.2) is 8.78 Å². The van der Waals surface area contributed by atoms with Crippen LogP contribution in [0.15, 0.2) is 18.2 Å². The number of nitrogen functional groups attached to an aromatic ring is 1.